The Morgan fingerprint density at radius 3 is 1.46 bits per heavy atom. The Kier molecular flexibility index (Phi) is 27.4. The molecule has 0 saturated heterocycles. The van der Waals surface area contributed by atoms with Crippen LogP contribution >= 0.6 is 0 Å². The molecule has 0 aliphatic heterocycles. The fourth-order valence-electron chi connectivity index (χ4n) is 0.854. The summed E-state index contributed by atoms with van der Waals surface area (Å²) in [5, 5.41) is 0. The Balaban J connectivity index is -0.000000173. The molecule has 1 N–H and O–H groups in total. The van der Waals surface area contributed by atoms with Crippen molar-refractivity contribution in [1.82, 2.24) is 0 Å². The Morgan fingerprint density at radius 2 is 1.31 bits per heavy atom. The first-order valence-electron chi connectivity index (χ1n) is 4.43. The van der Waals surface area contributed by atoms with Gasteiger partial charge in [0.25, 0.3) is 0 Å². The molecular formula is C8H19LiO3S. The van der Waals surface area contributed by atoms with E-state index in [1.54, 1.807) is 0 Å². The van der Waals surface area contributed by atoms with E-state index in [0.717, 1.165) is 0 Å². The van der Waals surface area contributed by atoms with Crippen molar-refractivity contribution in [1.29, 1.82) is 0 Å². The van der Waals surface area contributed by atoms with E-state index in [2.05, 4.69) is 13.8 Å². The third-order valence-electron chi connectivity index (χ3n) is 1.46. The summed E-state index contributed by atoms with van der Waals surface area (Å²) in [6, 6.07) is 0. The molecule has 0 aliphatic rings. The average Bonchev–Trinajstić information content (AvgIpc) is 1.97. The van der Waals surface area contributed by atoms with E-state index < -0.39 is 11.4 Å². The van der Waals surface area contributed by atoms with E-state index in [9.17, 15) is 0 Å². The van der Waals surface area contributed by atoms with Crippen LogP contribution in [0.15, 0.2) is 0 Å². The standard InChI is InChI=1S/C8H18.Li.H2O3S/c1-3-5-7-8-6-4-2;;1-4(2)3/h3-8H2,1-2H3;;(H2,1,2,3)/q;+1;/p-1. The second-order valence-electron chi connectivity index (χ2n) is 2.63. The normalized spacial score (nSPS) is 10.8. The van der Waals surface area contributed by atoms with E-state index in [1.807, 2.05) is 0 Å². The van der Waals surface area contributed by atoms with Gasteiger partial charge in [-0.25, -0.2) is 4.21 Å². The maximum atomic E-state index is 8.56. The molecule has 13 heavy (non-hydrogen) atoms. The van der Waals surface area contributed by atoms with Crippen LogP contribution in [0.2, 0.25) is 0 Å². The number of unbranched alkanes of at least 4 members (excludes halogenated alkanes) is 5. The van der Waals surface area contributed by atoms with Crippen LogP contribution in [0.5, 0.6) is 0 Å². The maximum absolute atomic E-state index is 8.56. The molecule has 0 radical (unpaired) electrons. The van der Waals surface area contributed by atoms with Gasteiger partial charge in [-0.1, -0.05) is 52.4 Å². The van der Waals surface area contributed by atoms with E-state index in [-0.39, 0.29) is 18.9 Å². The fourth-order valence-corrected chi connectivity index (χ4v) is 0.854. The zero-order chi connectivity index (χ0) is 9.82. The molecule has 3 nitrogen and oxygen atoms in total. The van der Waals surface area contributed by atoms with Crippen molar-refractivity contribution in [3.05, 3.63) is 0 Å². The first-order valence-corrected chi connectivity index (χ1v) is 5.46. The molecule has 0 bridgehead atoms. The third kappa shape index (κ3) is 44.9. The molecule has 0 amide bonds. The monoisotopic (exact) mass is 202 g/mol. The molecule has 5 heteroatoms. The van der Waals surface area contributed by atoms with Crippen LogP contribution in [0.1, 0.15) is 52.4 Å². The Morgan fingerprint density at radius 1 is 1.08 bits per heavy atom. The summed E-state index contributed by atoms with van der Waals surface area (Å²) in [7, 11) is 0. The molecule has 0 rings (SSSR count). The summed E-state index contributed by atoms with van der Waals surface area (Å²) in [4.78, 5) is 0. The molecule has 0 aromatic heterocycles. The molecule has 0 saturated carbocycles. The smallest absolute Gasteiger partial charge is 0.750 e. The van der Waals surface area contributed by atoms with Gasteiger partial charge in [0.2, 0.25) is 0 Å². The third-order valence-corrected chi connectivity index (χ3v) is 1.46. The molecule has 0 aromatic carbocycles. The second-order valence-corrected chi connectivity index (χ2v) is 3.07. The zero-order valence-electron chi connectivity index (χ0n) is 8.91. The zero-order valence-corrected chi connectivity index (χ0v) is 9.73. The van der Waals surface area contributed by atoms with Crippen molar-refractivity contribution >= 4 is 11.4 Å². The summed E-state index contributed by atoms with van der Waals surface area (Å²) in [5.74, 6) is 0. The fraction of sp³-hybridized carbons (Fsp3) is 1.00. The predicted molar refractivity (Wildman–Crippen MR) is 50.6 cm³/mol. The van der Waals surface area contributed by atoms with Crippen LogP contribution in [0, 0.1) is 0 Å². The van der Waals surface area contributed by atoms with Gasteiger partial charge in [-0.15, -0.1) is 0 Å². The van der Waals surface area contributed by atoms with Crippen LogP contribution in [0.25, 0.3) is 0 Å². The first-order chi connectivity index (χ1) is 5.65. The minimum atomic E-state index is -2.86. The minimum Gasteiger partial charge on any atom is -0.750 e. The van der Waals surface area contributed by atoms with E-state index in [1.165, 1.54) is 38.5 Å². The van der Waals surface area contributed by atoms with Gasteiger partial charge in [-0.3, -0.25) is 0 Å². The van der Waals surface area contributed by atoms with Gasteiger partial charge in [0, 0.05) is 0 Å². The summed E-state index contributed by atoms with van der Waals surface area (Å²) in [5.41, 5.74) is 0. The van der Waals surface area contributed by atoms with Gasteiger partial charge >= 0.3 is 18.9 Å². The van der Waals surface area contributed by atoms with Crippen LogP contribution in [-0.4, -0.2) is 13.3 Å². The average molecular weight is 202 g/mol. The number of hydrogen-bond acceptors (Lipinski definition) is 2. The quantitative estimate of drug-likeness (QED) is 0.378. The van der Waals surface area contributed by atoms with Crippen molar-refractivity contribution in [3.63, 3.8) is 0 Å². The van der Waals surface area contributed by atoms with Crippen LogP contribution in [0.4, 0.5) is 0 Å². The Hall–Kier alpha value is 0.667. The van der Waals surface area contributed by atoms with Crippen LogP contribution in [0.3, 0.4) is 0 Å². The van der Waals surface area contributed by atoms with Gasteiger partial charge < -0.3 is 9.11 Å². The molecule has 1 unspecified atom stereocenters. The Labute approximate surface area is 96.0 Å². The molecule has 0 fully saturated rings. The first kappa shape index (κ1) is 19.3. The van der Waals surface area contributed by atoms with Crippen molar-refractivity contribution in [2.45, 2.75) is 52.4 Å². The summed E-state index contributed by atoms with van der Waals surface area (Å²) >= 11 is -2.86. The molecule has 0 aromatic rings. The van der Waals surface area contributed by atoms with Crippen LogP contribution < -0.4 is 18.9 Å². The second kappa shape index (κ2) is 18.5. The predicted octanol–water partition coefficient (Wildman–Crippen LogP) is -0.291. The summed E-state index contributed by atoms with van der Waals surface area (Å²) in [6.45, 7) is 4.51. The summed E-state index contributed by atoms with van der Waals surface area (Å²) < 4.78 is 24.1. The van der Waals surface area contributed by atoms with Gasteiger partial charge in [-0.05, 0) is 0 Å². The molecular weight excluding hydrogens is 183 g/mol. The van der Waals surface area contributed by atoms with Gasteiger partial charge in [-0.2, -0.15) is 0 Å². The van der Waals surface area contributed by atoms with Crippen LogP contribution in [-0.2, 0) is 11.4 Å². The Bertz CT molecular complexity index is 91.4. The van der Waals surface area contributed by atoms with E-state index in [0.29, 0.717) is 0 Å². The number of rotatable bonds is 5. The molecule has 1 atom stereocenters. The maximum Gasteiger partial charge on any atom is 1.00 e. The van der Waals surface area contributed by atoms with Gasteiger partial charge in [0.05, 0.1) is 11.4 Å². The van der Waals surface area contributed by atoms with Gasteiger partial charge in [0.1, 0.15) is 0 Å². The molecule has 0 spiro atoms. The minimum absolute atomic E-state index is 0. The van der Waals surface area contributed by atoms with E-state index in [4.69, 9.17) is 13.3 Å². The molecule has 0 heterocycles. The molecule has 0 aliphatic carbocycles. The molecule has 76 valence electrons. The van der Waals surface area contributed by atoms with Crippen molar-refractivity contribution in [2.75, 3.05) is 0 Å². The summed E-state index contributed by atoms with van der Waals surface area (Å²) in [6.07, 6.45) is 8.49. The van der Waals surface area contributed by atoms with Crippen molar-refractivity contribution in [2.24, 2.45) is 0 Å². The van der Waals surface area contributed by atoms with Crippen molar-refractivity contribution in [3.8, 4) is 0 Å². The topological polar surface area (TPSA) is 60.4 Å². The SMILES string of the molecule is CCCCCCCC.O=S([O-])O.[Li+]. The van der Waals surface area contributed by atoms with Crippen molar-refractivity contribution < 1.29 is 32.2 Å². The largest absolute Gasteiger partial charge is 1.00 e. The number of hydrogen-bond donors (Lipinski definition) is 1. The van der Waals surface area contributed by atoms with E-state index >= 15 is 0 Å². The van der Waals surface area contributed by atoms with Gasteiger partial charge in [0.15, 0.2) is 0 Å².